The fraction of sp³-hybridized carbons (Fsp3) is 0.364. The molecule has 0 radical (unpaired) electrons. The van der Waals surface area contributed by atoms with Crippen molar-refractivity contribution in [2.75, 3.05) is 19.5 Å². The quantitative estimate of drug-likeness (QED) is 0.412. The van der Waals surface area contributed by atoms with Crippen molar-refractivity contribution in [3.8, 4) is 11.5 Å². The minimum Gasteiger partial charge on any atom is -0.493 e. The number of anilines is 1. The van der Waals surface area contributed by atoms with Crippen molar-refractivity contribution in [1.29, 1.82) is 0 Å². The van der Waals surface area contributed by atoms with Crippen LogP contribution in [0.25, 0.3) is 0 Å². The maximum absolute atomic E-state index is 14.8. The van der Waals surface area contributed by atoms with E-state index in [2.05, 4.69) is 26.6 Å². The van der Waals surface area contributed by atoms with Gasteiger partial charge in [0.05, 0.1) is 14.2 Å². The molecule has 0 saturated heterocycles. The Morgan fingerprint density at radius 3 is 2.38 bits per heavy atom. The molecule has 1 amide bonds. The predicted molar refractivity (Wildman–Crippen MR) is 130 cm³/mol. The van der Waals surface area contributed by atoms with Gasteiger partial charge in [-0.05, 0) is 50.6 Å². The molecule has 174 valence electrons. The summed E-state index contributed by atoms with van der Waals surface area (Å²) in [5.41, 5.74) is 6.93. The minimum atomic E-state index is -0.808. The molecule has 0 spiro atoms. The molecule has 0 aliphatic carbocycles. The third-order valence-electron chi connectivity index (χ3n) is 4.28. The Morgan fingerprint density at radius 1 is 1.19 bits per heavy atom. The normalized spacial score (nSPS) is 12.0. The summed E-state index contributed by atoms with van der Waals surface area (Å²) in [7, 11) is 2.89. The summed E-state index contributed by atoms with van der Waals surface area (Å²) in [6.45, 7) is 5.58. The summed E-state index contributed by atoms with van der Waals surface area (Å²) in [5, 5.41) is 5.86. The van der Waals surface area contributed by atoms with E-state index in [1.807, 2.05) is 0 Å². The van der Waals surface area contributed by atoms with Gasteiger partial charge in [0.1, 0.15) is 22.4 Å². The molecule has 10 heteroatoms. The van der Waals surface area contributed by atoms with Crippen LogP contribution in [0.4, 0.5) is 14.9 Å². The number of carbonyl (C=O) groups excluding carboxylic acids is 1. The first kappa shape index (κ1) is 25.7. The standard InChI is InChI=1S/C22H27BrFN3O4S/c1-22(2,3)31-21(28)26-11-12-8-13(6-7-15(12)23)27-19(20(25)32)14-9-17(29-4)18(30-5)10-16(14)24/h6-10,19,27H,11H2,1-5H3,(H2,25,32)(H,26,28). The molecule has 0 bridgehead atoms. The number of ether oxygens (including phenoxy) is 3. The monoisotopic (exact) mass is 527 g/mol. The van der Waals surface area contributed by atoms with E-state index in [1.54, 1.807) is 39.0 Å². The van der Waals surface area contributed by atoms with Crippen LogP contribution in [0.5, 0.6) is 11.5 Å². The first-order valence-corrected chi connectivity index (χ1v) is 10.9. The molecule has 32 heavy (non-hydrogen) atoms. The van der Waals surface area contributed by atoms with Crippen molar-refractivity contribution in [3.05, 3.63) is 51.7 Å². The predicted octanol–water partition coefficient (Wildman–Crippen LogP) is 5.07. The Morgan fingerprint density at radius 2 is 1.81 bits per heavy atom. The van der Waals surface area contributed by atoms with Gasteiger partial charge in [0.15, 0.2) is 11.5 Å². The molecule has 2 aromatic carbocycles. The van der Waals surface area contributed by atoms with Crippen LogP contribution in [-0.4, -0.2) is 30.9 Å². The number of nitrogens with two attached hydrogens (primary N) is 1. The molecular formula is C22H27BrFN3O4S. The lowest BCUT2D eigenvalue weighted by Gasteiger charge is -2.22. The number of hydrogen-bond donors (Lipinski definition) is 3. The van der Waals surface area contributed by atoms with Crippen molar-refractivity contribution in [2.45, 2.75) is 39.0 Å². The molecule has 0 fully saturated rings. The molecule has 7 nitrogen and oxygen atoms in total. The van der Waals surface area contributed by atoms with Crippen molar-refractivity contribution in [2.24, 2.45) is 5.73 Å². The fourth-order valence-corrected chi connectivity index (χ4v) is 3.41. The highest BCUT2D eigenvalue weighted by molar-refractivity contribution is 9.10. The zero-order valence-corrected chi connectivity index (χ0v) is 20.9. The summed E-state index contributed by atoms with van der Waals surface area (Å²) < 4.78 is 31.2. The van der Waals surface area contributed by atoms with E-state index < -0.39 is 23.6 Å². The van der Waals surface area contributed by atoms with Crippen LogP contribution in [0.3, 0.4) is 0 Å². The first-order valence-electron chi connectivity index (χ1n) is 9.67. The minimum absolute atomic E-state index is 0.0486. The molecular weight excluding hydrogens is 501 g/mol. The van der Waals surface area contributed by atoms with E-state index in [-0.39, 0.29) is 22.8 Å². The molecule has 2 rings (SSSR count). The summed E-state index contributed by atoms with van der Waals surface area (Å²) in [4.78, 5) is 12.0. The van der Waals surface area contributed by atoms with Crippen LogP contribution in [0.2, 0.25) is 0 Å². The average molecular weight is 528 g/mol. The highest BCUT2D eigenvalue weighted by Crippen LogP contribution is 2.34. The first-order chi connectivity index (χ1) is 14.9. The zero-order valence-electron chi connectivity index (χ0n) is 18.5. The second kappa shape index (κ2) is 10.8. The van der Waals surface area contributed by atoms with Crippen LogP contribution in [0, 0.1) is 5.82 Å². The molecule has 0 saturated carbocycles. The van der Waals surface area contributed by atoms with Crippen LogP contribution >= 0.6 is 28.1 Å². The smallest absolute Gasteiger partial charge is 0.407 e. The number of halogens is 2. The Kier molecular flexibility index (Phi) is 8.68. The Balaban J connectivity index is 2.27. The highest BCUT2D eigenvalue weighted by atomic mass is 79.9. The Labute approximate surface area is 200 Å². The molecule has 0 aliphatic rings. The van der Waals surface area contributed by atoms with Crippen LogP contribution < -0.4 is 25.8 Å². The van der Waals surface area contributed by atoms with Crippen molar-refractivity contribution < 1.29 is 23.4 Å². The summed E-state index contributed by atoms with van der Waals surface area (Å²) in [5.74, 6) is 0.0662. The lowest BCUT2D eigenvalue weighted by molar-refractivity contribution is 0.0523. The van der Waals surface area contributed by atoms with Gasteiger partial charge in [0.2, 0.25) is 0 Å². The van der Waals surface area contributed by atoms with Gasteiger partial charge >= 0.3 is 6.09 Å². The zero-order chi connectivity index (χ0) is 24.1. The number of methoxy groups -OCH3 is 2. The maximum atomic E-state index is 14.8. The Bertz CT molecular complexity index is 998. The van der Waals surface area contributed by atoms with E-state index in [1.165, 1.54) is 26.4 Å². The van der Waals surface area contributed by atoms with Crippen LogP contribution in [-0.2, 0) is 11.3 Å². The molecule has 0 aliphatic heterocycles. The van der Waals surface area contributed by atoms with Crippen molar-refractivity contribution in [3.63, 3.8) is 0 Å². The second-order valence-corrected chi connectivity index (χ2v) is 9.20. The molecule has 2 aromatic rings. The molecule has 1 unspecified atom stereocenters. The molecule has 0 aromatic heterocycles. The Hall–Kier alpha value is -2.59. The lowest BCUT2D eigenvalue weighted by Crippen LogP contribution is -2.32. The van der Waals surface area contributed by atoms with E-state index in [0.29, 0.717) is 11.4 Å². The largest absolute Gasteiger partial charge is 0.493 e. The molecule has 4 N–H and O–H groups in total. The number of thiocarbonyl (C=S) groups is 1. The number of benzene rings is 2. The molecule has 1 atom stereocenters. The topological polar surface area (TPSA) is 94.8 Å². The van der Waals surface area contributed by atoms with Gasteiger partial charge in [0.25, 0.3) is 0 Å². The maximum Gasteiger partial charge on any atom is 0.407 e. The SMILES string of the molecule is COc1cc(F)c(C(Nc2ccc(Br)c(CNC(=O)OC(C)(C)C)c2)C(N)=S)cc1OC. The summed E-state index contributed by atoms with van der Waals surface area (Å²) in [6, 6.07) is 7.29. The summed E-state index contributed by atoms with van der Waals surface area (Å²) >= 11 is 8.65. The van der Waals surface area contributed by atoms with Crippen LogP contribution in [0.1, 0.15) is 37.9 Å². The van der Waals surface area contributed by atoms with Gasteiger partial charge in [-0.3, -0.25) is 0 Å². The van der Waals surface area contributed by atoms with E-state index in [0.717, 1.165) is 10.0 Å². The third kappa shape index (κ3) is 6.96. The van der Waals surface area contributed by atoms with Gasteiger partial charge in [0, 0.05) is 28.3 Å². The van der Waals surface area contributed by atoms with E-state index >= 15 is 0 Å². The number of rotatable bonds is 8. The number of alkyl carbamates (subject to hydrolysis) is 1. The molecule has 0 heterocycles. The van der Waals surface area contributed by atoms with Gasteiger partial charge < -0.3 is 30.6 Å². The second-order valence-electron chi connectivity index (χ2n) is 7.87. The summed E-state index contributed by atoms with van der Waals surface area (Å²) in [6.07, 6.45) is -0.531. The van der Waals surface area contributed by atoms with Crippen molar-refractivity contribution >= 4 is 44.9 Å². The van der Waals surface area contributed by atoms with Gasteiger partial charge in [-0.2, -0.15) is 0 Å². The van der Waals surface area contributed by atoms with Gasteiger partial charge in [-0.25, -0.2) is 9.18 Å². The fourth-order valence-electron chi connectivity index (χ4n) is 2.84. The third-order valence-corrected chi connectivity index (χ3v) is 5.29. The lowest BCUT2D eigenvalue weighted by atomic mass is 10.0. The van der Waals surface area contributed by atoms with Crippen molar-refractivity contribution in [1.82, 2.24) is 5.32 Å². The van der Waals surface area contributed by atoms with E-state index in [4.69, 9.17) is 32.2 Å². The van der Waals surface area contributed by atoms with Gasteiger partial charge in [-0.1, -0.05) is 28.1 Å². The van der Waals surface area contributed by atoms with Gasteiger partial charge in [-0.15, -0.1) is 0 Å². The number of hydrogen-bond acceptors (Lipinski definition) is 6. The van der Waals surface area contributed by atoms with Crippen LogP contribution in [0.15, 0.2) is 34.8 Å². The average Bonchev–Trinajstić information content (AvgIpc) is 2.70. The van der Waals surface area contributed by atoms with E-state index in [9.17, 15) is 9.18 Å². The number of amides is 1. The highest BCUT2D eigenvalue weighted by Gasteiger charge is 2.22. The number of nitrogens with one attached hydrogen (secondary N) is 2. The number of carbonyl (C=O) groups is 1.